The van der Waals surface area contributed by atoms with Crippen LogP contribution in [0.25, 0.3) is 0 Å². The van der Waals surface area contributed by atoms with Crippen molar-refractivity contribution in [2.24, 2.45) is 5.92 Å². The van der Waals surface area contributed by atoms with Crippen LogP contribution < -0.4 is 0 Å². The first-order valence-electron chi connectivity index (χ1n) is 9.90. The van der Waals surface area contributed by atoms with Gasteiger partial charge in [0.25, 0.3) is 5.60 Å². The Labute approximate surface area is 181 Å². The van der Waals surface area contributed by atoms with Gasteiger partial charge in [0.15, 0.2) is 0 Å². The van der Waals surface area contributed by atoms with Gasteiger partial charge in [-0.1, -0.05) is 32.8 Å². The topological polar surface area (TPSA) is 55.8 Å². The highest BCUT2D eigenvalue weighted by molar-refractivity contribution is 5.87. The average Bonchev–Trinajstić information content (AvgIpc) is 2.66. The highest BCUT2D eigenvalue weighted by Crippen LogP contribution is 2.69. The predicted octanol–water partition coefficient (Wildman–Crippen LogP) is 5.69. The smallest absolute Gasteiger partial charge is 0.442 e. The summed E-state index contributed by atoms with van der Waals surface area (Å²) in [5.41, 5.74) is -11.2. The summed E-state index contributed by atoms with van der Waals surface area (Å²) < 4.78 is 154. The zero-order valence-corrected chi connectivity index (χ0v) is 17.5. The lowest BCUT2D eigenvalue weighted by molar-refractivity contribution is -0.563. The average molecular weight is 504 g/mol. The van der Waals surface area contributed by atoms with E-state index in [2.05, 4.69) is 16.1 Å². The molecule has 1 aliphatic heterocycles. The molecule has 0 aromatic rings. The minimum atomic E-state index is -6.70. The standard InChI is InChI=1S/C19H22F10O4/c1-4-13(18(24,25)26)15(20,21)14(32-12(30)10(2)3,11-8-6-5-7-9-11)16(22,23)17(31,33-13)19(27,28)29/h11,31H,2,4-9H2,1,3H3. The predicted molar refractivity (Wildman–Crippen MR) is 91.3 cm³/mol. The zero-order chi connectivity index (χ0) is 25.9. The molecule has 1 aliphatic carbocycles. The van der Waals surface area contributed by atoms with Gasteiger partial charge in [0.05, 0.1) is 0 Å². The van der Waals surface area contributed by atoms with E-state index in [9.17, 15) is 36.2 Å². The highest BCUT2D eigenvalue weighted by atomic mass is 19.4. The molecule has 1 heterocycles. The molecule has 33 heavy (non-hydrogen) atoms. The molecule has 0 spiro atoms. The Morgan fingerprint density at radius 1 is 1.00 bits per heavy atom. The third-order valence-corrected chi connectivity index (χ3v) is 6.31. The van der Waals surface area contributed by atoms with Gasteiger partial charge in [-0.25, -0.2) is 4.79 Å². The maximum absolute atomic E-state index is 15.9. The van der Waals surface area contributed by atoms with E-state index in [-0.39, 0.29) is 19.3 Å². The summed E-state index contributed by atoms with van der Waals surface area (Å²) in [5, 5.41) is 9.97. The quantitative estimate of drug-likeness (QED) is 0.304. The van der Waals surface area contributed by atoms with E-state index in [1.165, 1.54) is 0 Å². The Bertz CT molecular complexity index is 786. The van der Waals surface area contributed by atoms with E-state index < -0.39 is 77.9 Å². The molecule has 0 radical (unpaired) electrons. The largest absolute Gasteiger partial charge is 0.449 e. The van der Waals surface area contributed by atoms with Crippen LogP contribution in [-0.2, 0) is 14.3 Å². The Kier molecular flexibility index (Phi) is 6.70. The number of rotatable bonds is 4. The minimum absolute atomic E-state index is 0.125. The molecule has 3 atom stereocenters. The van der Waals surface area contributed by atoms with Crippen molar-refractivity contribution in [1.82, 2.24) is 0 Å². The van der Waals surface area contributed by atoms with Crippen LogP contribution in [0.5, 0.6) is 0 Å². The molecule has 2 rings (SSSR count). The van der Waals surface area contributed by atoms with Gasteiger partial charge in [-0.2, -0.15) is 43.9 Å². The van der Waals surface area contributed by atoms with Gasteiger partial charge in [-0.05, 0) is 26.2 Å². The highest BCUT2D eigenvalue weighted by Gasteiger charge is 2.97. The summed E-state index contributed by atoms with van der Waals surface area (Å²) in [4.78, 5) is 12.2. The molecule has 1 saturated heterocycles. The first-order valence-corrected chi connectivity index (χ1v) is 9.90. The number of hydrogen-bond acceptors (Lipinski definition) is 4. The molecule has 1 saturated carbocycles. The molecule has 192 valence electrons. The molecule has 2 aliphatic rings. The molecule has 0 amide bonds. The van der Waals surface area contributed by atoms with E-state index >= 15 is 17.6 Å². The molecule has 3 unspecified atom stereocenters. The van der Waals surface area contributed by atoms with Gasteiger partial charge in [0.2, 0.25) is 5.60 Å². The fraction of sp³-hybridized carbons (Fsp3) is 0.842. The molecular formula is C19H22F10O4. The number of hydrogen-bond donors (Lipinski definition) is 1. The second kappa shape index (κ2) is 7.99. The van der Waals surface area contributed by atoms with Crippen molar-refractivity contribution in [1.29, 1.82) is 0 Å². The van der Waals surface area contributed by atoms with Crippen molar-refractivity contribution in [3.63, 3.8) is 0 Å². The zero-order valence-electron chi connectivity index (χ0n) is 17.5. The lowest BCUT2D eigenvalue weighted by Crippen LogP contribution is -2.89. The maximum atomic E-state index is 15.9. The first kappa shape index (κ1) is 27.7. The normalized spacial score (nSPS) is 35.2. The molecule has 14 heteroatoms. The second-order valence-corrected chi connectivity index (χ2v) is 8.31. The van der Waals surface area contributed by atoms with Crippen LogP contribution in [0.15, 0.2) is 12.2 Å². The van der Waals surface area contributed by atoms with Crippen molar-refractivity contribution in [2.45, 2.75) is 93.6 Å². The summed E-state index contributed by atoms with van der Waals surface area (Å²) >= 11 is 0. The van der Waals surface area contributed by atoms with E-state index in [4.69, 9.17) is 0 Å². The lowest BCUT2D eigenvalue weighted by atomic mass is 9.61. The van der Waals surface area contributed by atoms with Crippen molar-refractivity contribution >= 4 is 5.97 Å². The van der Waals surface area contributed by atoms with Crippen molar-refractivity contribution in [2.75, 3.05) is 0 Å². The number of aliphatic hydroxyl groups is 1. The molecular weight excluding hydrogens is 482 g/mol. The molecule has 1 N–H and O–H groups in total. The van der Waals surface area contributed by atoms with Crippen LogP contribution in [0.1, 0.15) is 52.4 Å². The summed E-state index contributed by atoms with van der Waals surface area (Å²) in [5.74, 6) is -22.8. The van der Waals surface area contributed by atoms with Crippen LogP contribution in [0.3, 0.4) is 0 Å². The Balaban J connectivity index is 3.08. The summed E-state index contributed by atoms with van der Waals surface area (Å²) in [7, 11) is 0. The summed E-state index contributed by atoms with van der Waals surface area (Å²) in [6.07, 6.45) is -16.6. The number of alkyl halides is 10. The van der Waals surface area contributed by atoms with Gasteiger partial charge in [-0.15, -0.1) is 0 Å². The molecule has 0 aromatic heterocycles. The van der Waals surface area contributed by atoms with Crippen LogP contribution >= 0.6 is 0 Å². The van der Waals surface area contributed by atoms with Crippen LogP contribution in [0, 0.1) is 5.92 Å². The Morgan fingerprint density at radius 3 is 1.85 bits per heavy atom. The van der Waals surface area contributed by atoms with E-state index in [1.54, 1.807) is 0 Å². The molecule has 0 bridgehead atoms. The van der Waals surface area contributed by atoms with Crippen molar-refractivity contribution in [3.05, 3.63) is 12.2 Å². The maximum Gasteiger partial charge on any atom is 0.449 e. The van der Waals surface area contributed by atoms with Gasteiger partial charge in [-0.3, -0.25) is 0 Å². The molecule has 0 aromatic carbocycles. The van der Waals surface area contributed by atoms with E-state index in [0.29, 0.717) is 6.92 Å². The Hall–Kier alpha value is -1.57. The second-order valence-electron chi connectivity index (χ2n) is 8.31. The Morgan fingerprint density at radius 2 is 1.48 bits per heavy atom. The molecule has 2 fully saturated rings. The third kappa shape index (κ3) is 3.45. The van der Waals surface area contributed by atoms with Gasteiger partial charge < -0.3 is 14.6 Å². The fourth-order valence-electron chi connectivity index (χ4n) is 4.56. The summed E-state index contributed by atoms with van der Waals surface area (Å²) in [6, 6.07) is 0. The van der Waals surface area contributed by atoms with Crippen LogP contribution in [0.4, 0.5) is 43.9 Å². The van der Waals surface area contributed by atoms with Crippen molar-refractivity contribution < 1.29 is 63.3 Å². The third-order valence-electron chi connectivity index (χ3n) is 6.31. The van der Waals surface area contributed by atoms with Gasteiger partial charge in [0.1, 0.15) is 0 Å². The lowest BCUT2D eigenvalue weighted by Gasteiger charge is -2.62. The number of carbonyl (C=O) groups excluding carboxylic acids is 1. The first-order chi connectivity index (χ1) is 14.7. The minimum Gasteiger partial charge on any atom is -0.442 e. The number of carbonyl (C=O) groups is 1. The van der Waals surface area contributed by atoms with E-state index in [1.807, 2.05) is 0 Å². The van der Waals surface area contributed by atoms with Gasteiger partial charge in [0, 0.05) is 11.5 Å². The number of ether oxygens (including phenoxy) is 2. The van der Waals surface area contributed by atoms with Crippen LogP contribution in [0.2, 0.25) is 0 Å². The molecule has 4 nitrogen and oxygen atoms in total. The number of halogens is 10. The van der Waals surface area contributed by atoms with Crippen LogP contribution in [-0.4, -0.2) is 52.3 Å². The van der Waals surface area contributed by atoms with Gasteiger partial charge >= 0.3 is 36.0 Å². The monoisotopic (exact) mass is 504 g/mol. The number of esters is 1. The SMILES string of the molecule is C=C(C)C(=O)OC1(C2CCCCC2)C(F)(F)C(O)(C(F)(F)F)OC(CC)(C(F)(F)F)C1(F)F. The summed E-state index contributed by atoms with van der Waals surface area (Å²) in [6.45, 7) is 4.08. The van der Waals surface area contributed by atoms with Crippen molar-refractivity contribution in [3.8, 4) is 0 Å². The van der Waals surface area contributed by atoms with E-state index in [0.717, 1.165) is 6.92 Å². The fourth-order valence-corrected chi connectivity index (χ4v) is 4.56.